The van der Waals surface area contributed by atoms with Crippen molar-refractivity contribution >= 4 is 27.5 Å². The van der Waals surface area contributed by atoms with Gasteiger partial charge in [0.05, 0.1) is 11.9 Å². The molecule has 8 heteroatoms. The van der Waals surface area contributed by atoms with Crippen molar-refractivity contribution in [2.75, 3.05) is 17.1 Å². The number of amides is 2. The average Bonchev–Trinajstić information content (AvgIpc) is 2.76. The number of aryl methyl sites for hydroxylation is 3. The number of rotatable bonds is 11. The van der Waals surface area contributed by atoms with Crippen molar-refractivity contribution in [2.24, 2.45) is 0 Å². The monoisotopic (exact) mass is 529 g/mol. The molecule has 0 spiro atoms. The van der Waals surface area contributed by atoms with Gasteiger partial charge in [-0.25, -0.2) is 8.42 Å². The molecular weight excluding hydrogens is 486 g/mol. The third-order valence-electron chi connectivity index (χ3n) is 6.25. The number of nitrogens with one attached hydrogen (secondary N) is 1. The Hall–Kier alpha value is -2.87. The van der Waals surface area contributed by atoms with E-state index in [9.17, 15) is 18.0 Å². The topological polar surface area (TPSA) is 86.8 Å². The van der Waals surface area contributed by atoms with E-state index >= 15 is 0 Å². The molecule has 0 aliphatic carbocycles. The van der Waals surface area contributed by atoms with Crippen molar-refractivity contribution in [3.63, 3.8) is 0 Å². The summed E-state index contributed by atoms with van der Waals surface area (Å²) in [4.78, 5) is 28.3. The maximum absolute atomic E-state index is 13.5. The normalized spacial score (nSPS) is 12.6. The predicted molar refractivity (Wildman–Crippen MR) is 151 cm³/mol. The van der Waals surface area contributed by atoms with E-state index in [1.807, 2.05) is 84.9 Å². The number of anilines is 1. The largest absolute Gasteiger partial charge is 0.350 e. The van der Waals surface area contributed by atoms with Gasteiger partial charge >= 0.3 is 0 Å². The fraction of sp³-hybridized carbons (Fsp3) is 0.517. The number of carbonyl (C=O) groups is 2. The van der Waals surface area contributed by atoms with Crippen LogP contribution in [0.3, 0.4) is 0 Å². The minimum Gasteiger partial charge on any atom is -0.350 e. The Morgan fingerprint density at radius 3 is 2.22 bits per heavy atom. The molecule has 37 heavy (non-hydrogen) atoms. The first kappa shape index (κ1) is 30.4. The zero-order chi connectivity index (χ0) is 28.0. The second kappa shape index (κ2) is 12.6. The lowest BCUT2D eigenvalue weighted by Crippen LogP contribution is -2.53. The molecule has 0 heterocycles. The summed E-state index contributed by atoms with van der Waals surface area (Å²) in [5.74, 6) is -0.366. The Kier molecular flexibility index (Phi) is 10.3. The van der Waals surface area contributed by atoms with Crippen molar-refractivity contribution in [2.45, 2.75) is 85.9 Å². The number of hydrogen-bond donors (Lipinski definition) is 1. The standard InChI is InChI=1S/C29H43N3O4S/c1-9-26(28(34)30-29(5,6)7)31(20-24-13-10-12-21(2)18-24)27(33)14-11-17-32(37(8,35)36)25-16-15-22(3)23(4)19-25/h10,12-13,15-16,18-19,26H,9,11,14,17,20H2,1-8H3,(H,30,34)/t26-/m0/s1. The van der Waals surface area contributed by atoms with Crippen LogP contribution in [0.2, 0.25) is 0 Å². The maximum Gasteiger partial charge on any atom is 0.243 e. The van der Waals surface area contributed by atoms with Gasteiger partial charge in [-0.05, 0) is 83.2 Å². The SMILES string of the molecule is CC[C@@H](C(=O)NC(C)(C)C)N(Cc1cccc(C)c1)C(=O)CCCN(c1ccc(C)c(C)c1)S(C)(=O)=O. The van der Waals surface area contributed by atoms with Crippen LogP contribution in [0, 0.1) is 20.8 Å². The molecular formula is C29H43N3O4S. The molecule has 0 saturated heterocycles. The van der Waals surface area contributed by atoms with Gasteiger partial charge < -0.3 is 10.2 Å². The highest BCUT2D eigenvalue weighted by molar-refractivity contribution is 7.92. The highest BCUT2D eigenvalue weighted by atomic mass is 32.2. The van der Waals surface area contributed by atoms with E-state index in [1.54, 1.807) is 11.0 Å². The molecule has 7 nitrogen and oxygen atoms in total. The van der Waals surface area contributed by atoms with Crippen molar-refractivity contribution in [3.05, 3.63) is 64.7 Å². The maximum atomic E-state index is 13.5. The number of hydrogen-bond acceptors (Lipinski definition) is 4. The molecule has 0 aliphatic rings. The molecule has 0 fully saturated rings. The van der Waals surface area contributed by atoms with Crippen molar-refractivity contribution in [3.8, 4) is 0 Å². The average molecular weight is 530 g/mol. The Morgan fingerprint density at radius 2 is 1.68 bits per heavy atom. The van der Waals surface area contributed by atoms with Crippen LogP contribution in [0.1, 0.15) is 69.2 Å². The van der Waals surface area contributed by atoms with Crippen LogP contribution in [0.5, 0.6) is 0 Å². The lowest BCUT2D eigenvalue weighted by Gasteiger charge is -2.33. The Labute approximate surface area is 223 Å². The second-order valence-corrected chi connectivity index (χ2v) is 12.8. The van der Waals surface area contributed by atoms with E-state index in [1.165, 1.54) is 10.6 Å². The number of nitrogens with zero attached hydrogens (tertiary/aromatic N) is 2. The van der Waals surface area contributed by atoms with Gasteiger partial charge in [-0.3, -0.25) is 13.9 Å². The Balaban J connectivity index is 2.26. The molecule has 0 bridgehead atoms. The molecule has 2 amide bonds. The summed E-state index contributed by atoms with van der Waals surface area (Å²) >= 11 is 0. The second-order valence-electron chi connectivity index (χ2n) is 10.9. The fourth-order valence-corrected chi connectivity index (χ4v) is 5.22. The molecule has 1 N–H and O–H groups in total. The molecule has 2 aromatic carbocycles. The summed E-state index contributed by atoms with van der Waals surface area (Å²) in [6, 6.07) is 12.8. The van der Waals surface area contributed by atoms with Crippen molar-refractivity contribution < 1.29 is 18.0 Å². The van der Waals surface area contributed by atoms with Gasteiger partial charge in [0.15, 0.2) is 0 Å². The summed E-state index contributed by atoms with van der Waals surface area (Å²) in [6.45, 7) is 14.0. The number of benzene rings is 2. The van der Waals surface area contributed by atoms with Crippen LogP contribution in [0.25, 0.3) is 0 Å². The summed E-state index contributed by atoms with van der Waals surface area (Å²) in [5, 5.41) is 3.01. The molecule has 0 aromatic heterocycles. The molecule has 1 atom stereocenters. The summed E-state index contributed by atoms with van der Waals surface area (Å²) in [6.07, 6.45) is 2.11. The van der Waals surface area contributed by atoms with Crippen LogP contribution in [-0.2, 0) is 26.2 Å². The molecule has 0 radical (unpaired) electrons. The van der Waals surface area contributed by atoms with Gasteiger partial charge in [0.2, 0.25) is 21.8 Å². The minimum atomic E-state index is -3.53. The first-order valence-electron chi connectivity index (χ1n) is 12.8. The third kappa shape index (κ3) is 9.18. The zero-order valence-electron chi connectivity index (χ0n) is 23.6. The highest BCUT2D eigenvalue weighted by Gasteiger charge is 2.30. The number of sulfonamides is 1. The first-order valence-corrected chi connectivity index (χ1v) is 14.7. The van der Waals surface area contributed by atoms with Gasteiger partial charge in [0.25, 0.3) is 0 Å². The van der Waals surface area contributed by atoms with Crippen LogP contribution in [-0.4, -0.2) is 49.5 Å². The van der Waals surface area contributed by atoms with Gasteiger partial charge in [0.1, 0.15) is 6.04 Å². The van der Waals surface area contributed by atoms with Gasteiger partial charge in [-0.1, -0.05) is 42.8 Å². The Morgan fingerprint density at radius 1 is 1.00 bits per heavy atom. The van der Waals surface area contributed by atoms with Gasteiger partial charge in [-0.15, -0.1) is 0 Å². The Bertz CT molecular complexity index is 1200. The summed E-state index contributed by atoms with van der Waals surface area (Å²) in [7, 11) is -3.53. The van der Waals surface area contributed by atoms with E-state index in [0.29, 0.717) is 25.1 Å². The molecule has 2 aromatic rings. The lowest BCUT2D eigenvalue weighted by molar-refractivity contribution is -0.142. The molecule has 204 valence electrons. The van der Waals surface area contributed by atoms with E-state index in [0.717, 1.165) is 22.3 Å². The highest BCUT2D eigenvalue weighted by Crippen LogP contribution is 2.22. The minimum absolute atomic E-state index is 0.127. The van der Waals surface area contributed by atoms with Crippen molar-refractivity contribution in [1.29, 1.82) is 0 Å². The quantitative estimate of drug-likeness (QED) is 0.449. The smallest absolute Gasteiger partial charge is 0.243 e. The van der Waals surface area contributed by atoms with Crippen LogP contribution >= 0.6 is 0 Å². The van der Waals surface area contributed by atoms with E-state index < -0.39 is 21.6 Å². The van der Waals surface area contributed by atoms with E-state index in [4.69, 9.17) is 0 Å². The molecule has 2 rings (SSSR count). The van der Waals surface area contributed by atoms with Gasteiger partial charge in [0, 0.05) is 25.0 Å². The zero-order valence-corrected chi connectivity index (χ0v) is 24.4. The summed E-state index contributed by atoms with van der Waals surface area (Å²) < 4.78 is 26.5. The van der Waals surface area contributed by atoms with E-state index in [2.05, 4.69) is 5.32 Å². The molecule has 0 aliphatic heterocycles. The fourth-order valence-electron chi connectivity index (χ4n) is 4.26. The summed E-state index contributed by atoms with van der Waals surface area (Å²) in [5.41, 5.74) is 4.27. The van der Waals surface area contributed by atoms with Gasteiger partial charge in [-0.2, -0.15) is 0 Å². The number of carbonyl (C=O) groups excluding carboxylic acids is 2. The van der Waals surface area contributed by atoms with Crippen molar-refractivity contribution in [1.82, 2.24) is 10.2 Å². The van der Waals surface area contributed by atoms with Crippen LogP contribution < -0.4 is 9.62 Å². The molecule has 0 unspecified atom stereocenters. The van der Waals surface area contributed by atoms with Crippen LogP contribution in [0.15, 0.2) is 42.5 Å². The van der Waals surface area contributed by atoms with Crippen LogP contribution in [0.4, 0.5) is 5.69 Å². The lowest BCUT2D eigenvalue weighted by atomic mass is 10.0. The third-order valence-corrected chi connectivity index (χ3v) is 7.44. The molecule has 0 saturated carbocycles. The van der Waals surface area contributed by atoms with E-state index in [-0.39, 0.29) is 24.8 Å². The first-order chi connectivity index (χ1) is 17.1. The predicted octanol–water partition coefficient (Wildman–Crippen LogP) is 4.88.